The molecule has 1 aromatic carbocycles. The maximum atomic E-state index is 12.6. The molecule has 6 nitrogen and oxygen atoms in total. The Labute approximate surface area is 152 Å². The van der Waals surface area contributed by atoms with E-state index in [9.17, 15) is 18.0 Å². The van der Waals surface area contributed by atoms with Gasteiger partial charge in [0, 0.05) is 24.7 Å². The number of nitrogens with one attached hydrogen (secondary N) is 1. The summed E-state index contributed by atoms with van der Waals surface area (Å²) >= 11 is 5.81. The van der Waals surface area contributed by atoms with Crippen molar-refractivity contribution in [2.24, 2.45) is 0 Å². The first kappa shape index (κ1) is 18.5. The molecular weight excluding hydrogens is 373 g/mol. The zero-order chi connectivity index (χ0) is 18.7. The molecule has 1 aliphatic heterocycles. The molecule has 140 valence electrons. The van der Waals surface area contributed by atoms with Crippen LogP contribution in [0, 0.1) is 0 Å². The zero-order valence-corrected chi connectivity index (χ0v) is 14.3. The average molecular weight is 389 g/mol. The Kier molecular flexibility index (Phi) is 5.36. The molecule has 3 rings (SSSR count). The van der Waals surface area contributed by atoms with Crippen LogP contribution in [0.1, 0.15) is 36.1 Å². The molecule has 10 heteroatoms. The third-order valence-corrected chi connectivity index (χ3v) is 4.35. The number of carbonyl (C=O) groups excluding carboxylic acids is 1. The van der Waals surface area contributed by atoms with E-state index < -0.39 is 18.0 Å². The summed E-state index contributed by atoms with van der Waals surface area (Å²) in [6.45, 7) is 1.07. The van der Waals surface area contributed by atoms with Crippen molar-refractivity contribution in [1.82, 2.24) is 20.4 Å². The highest BCUT2D eigenvalue weighted by atomic mass is 35.5. The van der Waals surface area contributed by atoms with E-state index in [1.165, 1.54) is 0 Å². The summed E-state index contributed by atoms with van der Waals surface area (Å²) in [5.41, 5.74) is 0.892. The minimum atomic E-state index is -4.67. The maximum absolute atomic E-state index is 12.6. The van der Waals surface area contributed by atoms with E-state index in [4.69, 9.17) is 16.0 Å². The number of carbonyl (C=O) groups is 1. The second-order valence-electron chi connectivity index (χ2n) is 6.01. The fourth-order valence-electron chi connectivity index (χ4n) is 2.77. The highest BCUT2D eigenvalue weighted by molar-refractivity contribution is 6.30. The molecule has 2 aromatic rings. The van der Waals surface area contributed by atoms with E-state index >= 15 is 0 Å². The molecule has 0 radical (unpaired) electrons. The Hall–Kier alpha value is -2.29. The Balaban J connectivity index is 1.58. The van der Waals surface area contributed by atoms with Crippen LogP contribution in [0.2, 0.25) is 5.02 Å². The lowest BCUT2D eigenvalue weighted by molar-refractivity contribution is -0.157. The fourth-order valence-corrected chi connectivity index (χ4v) is 2.90. The molecule has 1 unspecified atom stereocenters. The summed E-state index contributed by atoms with van der Waals surface area (Å²) in [6.07, 6.45) is -3.45. The Morgan fingerprint density at radius 3 is 2.69 bits per heavy atom. The predicted octanol–water partition coefficient (Wildman–Crippen LogP) is 3.83. The topological polar surface area (TPSA) is 71.3 Å². The molecule has 1 aromatic heterocycles. The van der Waals surface area contributed by atoms with Crippen LogP contribution in [0.5, 0.6) is 0 Å². The van der Waals surface area contributed by atoms with Crippen LogP contribution >= 0.6 is 11.6 Å². The smallest absolute Gasteiger partial charge is 0.417 e. The Morgan fingerprint density at radius 1 is 1.31 bits per heavy atom. The van der Waals surface area contributed by atoms with Gasteiger partial charge < -0.3 is 14.6 Å². The molecule has 2 amide bonds. The highest BCUT2D eigenvalue weighted by Gasteiger charge is 2.39. The standard InChI is InChI=1S/C16H16ClF3N4O2/c17-12-5-3-10(4-6-12)8-21-15(25)24-7-1-2-11(9-24)13-22-23-14(26-13)16(18,19)20/h3-6,11H,1-2,7-9H2,(H,21,25). The molecule has 1 N–H and O–H groups in total. The normalized spacial score (nSPS) is 18.0. The minimum absolute atomic E-state index is 0.0903. The Morgan fingerprint density at radius 2 is 2.04 bits per heavy atom. The van der Waals surface area contributed by atoms with Crippen molar-refractivity contribution in [1.29, 1.82) is 0 Å². The number of rotatable bonds is 3. The quantitative estimate of drug-likeness (QED) is 0.867. The lowest BCUT2D eigenvalue weighted by atomic mass is 9.98. The number of hydrogen-bond donors (Lipinski definition) is 1. The number of halogens is 4. The van der Waals surface area contributed by atoms with Gasteiger partial charge >= 0.3 is 18.1 Å². The molecule has 26 heavy (non-hydrogen) atoms. The summed E-state index contributed by atoms with van der Waals surface area (Å²) < 4.78 is 42.5. The van der Waals surface area contributed by atoms with Crippen molar-refractivity contribution in [3.05, 3.63) is 46.6 Å². The number of hydrogen-bond acceptors (Lipinski definition) is 4. The number of amides is 2. The average Bonchev–Trinajstić information content (AvgIpc) is 3.12. The summed E-state index contributed by atoms with van der Waals surface area (Å²) in [5, 5.41) is 9.93. The largest absolute Gasteiger partial charge is 0.470 e. The molecule has 1 aliphatic rings. The van der Waals surface area contributed by atoms with Crippen molar-refractivity contribution in [3.63, 3.8) is 0 Å². The van der Waals surface area contributed by atoms with Crippen LogP contribution in [-0.2, 0) is 12.7 Å². The molecule has 0 saturated carbocycles. The molecular formula is C16H16ClF3N4O2. The van der Waals surface area contributed by atoms with Gasteiger partial charge in [0.25, 0.3) is 0 Å². The molecule has 0 aliphatic carbocycles. The zero-order valence-electron chi connectivity index (χ0n) is 13.6. The monoisotopic (exact) mass is 388 g/mol. The third kappa shape index (κ3) is 4.46. The first-order valence-corrected chi connectivity index (χ1v) is 8.38. The van der Waals surface area contributed by atoms with Gasteiger partial charge in [-0.25, -0.2) is 4.79 Å². The van der Waals surface area contributed by atoms with Gasteiger partial charge in [-0.15, -0.1) is 10.2 Å². The van der Waals surface area contributed by atoms with Crippen molar-refractivity contribution in [3.8, 4) is 0 Å². The van der Waals surface area contributed by atoms with E-state index in [2.05, 4.69) is 15.5 Å². The number of urea groups is 1. The first-order chi connectivity index (χ1) is 12.3. The fraction of sp³-hybridized carbons (Fsp3) is 0.438. The van der Waals surface area contributed by atoms with E-state index in [1.807, 2.05) is 0 Å². The van der Waals surface area contributed by atoms with Gasteiger partial charge in [-0.3, -0.25) is 0 Å². The van der Waals surface area contributed by atoms with Gasteiger partial charge in [0.15, 0.2) is 0 Å². The Bertz CT molecular complexity index is 764. The lowest BCUT2D eigenvalue weighted by Crippen LogP contribution is -2.44. The van der Waals surface area contributed by atoms with E-state index in [0.717, 1.165) is 5.56 Å². The minimum Gasteiger partial charge on any atom is -0.417 e. The second kappa shape index (κ2) is 7.53. The number of likely N-dealkylation sites (tertiary alicyclic amines) is 1. The number of benzene rings is 1. The van der Waals surface area contributed by atoms with Crippen LogP contribution in [0.25, 0.3) is 0 Å². The van der Waals surface area contributed by atoms with Crippen LogP contribution in [-0.4, -0.2) is 34.2 Å². The molecule has 0 spiro atoms. The maximum Gasteiger partial charge on any atom is 0.470 e. The van der Waals surface area contributed by atoms with Gasteiger partial charge in [0.05, 0.1) is 5.92 Å². The SMILES string of the molecule is O=C(NCc1ccc(Cl)cc1)N1CCCC(c2nnc(C(F)(F)F)o2)C1. The van der Waals surface area contributed by atoms with E-state index in [0.29, 0.717) is 31.0 Å². The number of aromatic nitrogens is 2. The lowest BCUT2D eigenvalue weighted by Gasteiger charge is -2.31. The van der Waals surface area contributed by atoms with Gasteiger partial charge in [0.2, 0.25) is 5.89 Å². The van der Waals surface area contributed by atoms with E-state index in [-0.39, 0.29) is 18.5 Å². The predicted molar refractivity (Wildman–Crippen MR) is 86.5 cm³/mol. The van der Waals surface area contributed by atoms with Crippen LogP contribution in [0.3, 0.4) is 0 Å². The second-order valence-corrected chi connectivity index (χ2v) is 6.45. The summed E-state index contributed by atoms with van der Waals surface area (Å²) in [6, 6.07) is 6.78. The van der Waals surface area contributed by atoms with Gasteiger partial charge in [-0.2, -0.15) is 13.2 Å². The van der Waals surface area contributed by atoms with Crippen molar-refractivity contribution in [2.45, 2.75) is 31.5 Å². The summed E-state index contributed by atoms with van der Waals surface area (Å²) in [5.74, 6) is -1.86. The molecule has 1 atom stereocenters. The van der Waals surface area contributed by atoms with Gasteiger partial charge in [-0.1, -0.05) is 23.7 Å². The van der Waals surface area contributed by atoms with Crippen LogP contribution < -0.4 is 5.32 Å². The van der Waals surface area contributed by atoms with Crippen LogP contribution in [0.4, 0.5) is 18.0 Å². The van der Waals surface area contributed by atoms with Crippen molar-refractivity contribution < 1.29 is 22.4 Å². The molecule has 0 bridgehead atoms. The summed E-state index contributed by atoms with van der Waals surface area (Å²) in [4.78, 5) is 13.9. The molecule has 1 fully saturated rings. The number of alkyl halides is 3. The van der Waals surface area contributed by atoms with E-state index in [1.54, 1.807) is 29.2 Å². The number of nitrogens with zero attached hydrogens (tertiary/aromatic N) is 3. The number of piperidine rings is 1. The van der Waals surface area contributed by atoms with Gasteiger partial charge in [-0.05, 0) is 30.5 Å². The summed E-state index contributed by atoms with van der Waals surface area (Å²) in [7, 11) is 0. The van der Waals surface area contributed by atoms with Crippen molar-refractivity contribution >= 4 is 17.6 Å². The molecule has 1 saturated heterocycles. The first-order valence-electron chi connectivity index (χ1n) is 8.01. The van der Waals surface area contributed by atoms with Crippen molar-refractivity contribution in [2.75, 3.05) is 13.1 Å². The van der Waals surface area contributed by atoms with Gasteiger partial charge in [0.1, 0.15) is 0 Å². The third-order valence-electron chi connectivity index (χ3n) is 4.10. The highest BCUT2D eigenvalue weighted by Crippen LogP contribution is 2.32. The molecule has 2 heterocycles. The van der Waals surface area contributed by atoms with Crippen LogP contribution in [0.15, 0.2) is 28.7 Å².